The number of nitrogens with one attached hydrogen (secondary N) is 2. The minimum absolute atomic E-state index is 0.180. The minimum atomic E-state index is -0.180. The topological polar surface area (TPSA) is 67.0 Å². The van der Waals surface area contributed by atoms with Gasteiger partial charge in [-0.1, -0.05) is 18.2 Å². The SMILES string of the molecule is Cc1ccccc1OCCNC(=O)c1cnc[nH]1. The molecule has 0 radical (unpaired) electrons. The van der Waals surface area contributed by atoms with Gasteiger partial charge in [0.25, 0.3) is 5.91 Å². The number of carbonyl (C=O) groups excluding carboxylic acids is 1. The van der Waals surface area contributed by atoms with Gasteiger partial charge in [0.1, 0.15) is 18.1 Å². The number of aryl methyl sites for hydroxylation is 1. The Balaban J connectivity index is 1.74. The fraction of sp³-hybridized carbons (Fsp3) is 0.231. The van der Waals surface area contributed by atoms with Crippen LogP contribution in [0.2, 0.25) is 0 Å². The van der Waals surface area contributed by atoms with Crippen LogP contribution < -0.4 is 10.1 Å². The van der Waals surface area contributed by atoms with Crippen LogP contribution in [0.5, 0.6) is 5.75 Å². The van der Waals surface area contributed by atoms with Gasteiger partial charge in [0.05, 0.1) is 19.1 Å². The van der Waals surface area contributed by atoms with E-state index in [0.29, 0.717) is 18.8 Å². The van der Waals surface area contributed by atoms with Crippen LogP contribution >= 0.6 is 0 Å². The lowest BCUT2D eigenvalue weighted by Crippen LogP contribution is -2.28. The number of aromatic amines is 1. The van der Waals surface area contributed by atoms with E-state index in [1.165, 1.54) is 12.5 Å². The van der Waals surface area contributed by atoms with Crippen molar-refractivity contribution < 1.29 is 9.53 Å². The van der Waals surface area contributed by atoms with Crippen molar-refractivity contribution in [2.75, 3.05) is 13.2 Å². The van der Waals surface area contributed by atoms with Gasteiger partial charge in [-0.3, -0.25) is 4.79 Å². The summed E-state index contributed by atoms with van der Waals surface area (Å²) in [5, 5.41) is 2.74. The molecule has 94 valence electrons. The Hall–Kier alpha value is -2.30. The first-order chi connectivity index (χ1) is 8.77. The van der Waals surface area contributed by atoms with E-state index in [4.69, 9.17) is 4.74 Å². The van der Waals surface area contributed by atoms with Crippen molar-refractivity contribution in [2.24, 2.45) is 0 Å². The minimum Gasteiger partial charge on any atom is -0.491 e. The van der Waals surface area contributed by atoms with Gasteiger partial charge in [-0.05, 0) is 18.6 Å². The fourth-order valence-electron chi connectivity index (χ4n) is 1.52. The van der Waals surface area contributed by atoms with Gasteiger partial charge in [-0.2, -0.15) is 0 Å². The number of rotatable bonds is 5. The van der Waals surface area contributed by atoms with Crippen LogP contribution in [0.15, 0.2) is 36.8 Å². The Bertz CT molecular complexity index is 509. The molecule has 5 nitrogen and oxygen atoms in total. The third kappa shape index (κ3) is 3.10. The van der Waals surface area contributed by atoms with Crippen molar-refractivity contribution in [2.45, 2.75) is 6.92 Å². The second-order valence-electron chi connectivity index (χ2n) is 3.84. The average Bonchev–Trinajstić information content (AvgIpc) is 2.90. The molecule has 2 N–H and O–H groups in total. The van der Waals surface area contributed by atoms with Crippen molar-refractivity contribution in [3.05, 3.63) is 48.0 Å². The van der Waals surface area contributed by atoms with Gasteiger partial charge < -0.3 is 15.0 Å². The van der Waals surface area contributed by atoms with Gasteiger partial charge in [-0.15, -0.1) is 0 Å². The van der Waals surface area contributed by atoms with Gasteiger partial charge in [0.15, 0.2) is 0 Å². The maximum Gasteiger partial charge on any atom is 0.269 e. The van der Waals surface area contributed by atoms with Crippen LogP contribution in [0, 0.1) is 6.92 Å². The zero-order valence-corrected chi connectivity index (χ0v) is 10.1. The zero-order valence-electron chi connectivity index (χ0n) is 10.1. The molecule has 0 saturated heterocycles. The molecule has 1 aromatic carbocycles. The number of benzene rings is 1. The summed E-state index contributed by atoms with van der Waals surface area (Å²) in [5.41, 5.74) is 1.53. The maximum absolute atomic E-state index is 11.5. The Kier molecular flexibility index (Phi) is 3.96. The van der Waals surface area contributed by atoms with E-state index in [2.05, 4.69) is 15.3 Å². The molecule has 0 spiro atoms. The van der Waals surface area contributed by atoms with Crippen molar-refractivity contribution in [1.29, 1.82) is 0 Å². The Labute approximate surface area is 105 Å². The molecule has 0 bridgehead atoms. The van der Waals surface area contributed by atoms with Crippen molar-refractivity contribution in [3.8, 4) is 5.75 Å². The lowest BCUT2D eigenvalue weighted by molar-refractivity contribution is 0.0942. The summed E-state index contributed by atoms with van der Waals surface area (Å²) in [6, 6.07) is 7.78. The predicted molar refractivity (Wildman–Crippen MR) is 67.6 cm³/mol. The summed E-state index contributed by atoms with van der Waals surface area (Å²) < 4.78 is 5.56. The first-order valence-corrected chi connectivity index (χ1v) is 5.72. The second kappa shape index (κ2) is 5.86. The lowest BCUT2D eigenvalue weighted by atomic mass is 10.2. The van der Waals surface area contributed by atoms with Crippen LogP contribution in [-0.2, 0) is 0 Å². The van der Waals surface area contributed by atoms with Crippen molar-refractivity contribution in [1.82, 2.24) is 15.3 Å². The third-order valence-corrected chi connectivity index (χ3v) is 2.48. The first kappa shape index (κ1) is 12.2. The zero-order chi connectivity index (χ0) is 12.8. The largest absolute Gasteiger partial charge is 0.491 e. The molecule has 2 rings (SSSR count). The highest BCUT2D eigenvalue weighted by Crippen LogP contribution is 2.15. The van der Waals surface area contributed by atoms with E-state index in [9.17, 15) is 4.79 Å². The number of hydrogen-bond donors (Lipinski definition) is 2. The molecule has 0 aliphatic heterocycles. The molecule has 0 aliphatic carbocycles. The molecule has 1 aromatic heterocycles. The Morgan fingerprint density at radius 3 is 3.00 bits per heavy atom. The number of aromatic nitrogens is 2. The molecule has 0 unspecified atom stereocenters. The van der Waals surface area contributed by atoms with E-state index in [1.54, 1.807) is 0 Å². The second-order valence-corrected chi connectivity index (χ2v) is 3.84. The smallest absolute Gasteiger partial charge is 0.269 e. The van der Waals surface area contributed by atoms with Crippen LogP contribution in [0.4, 0.5) is 0 Å². The van der Waals surface area contributed by atoms with E-state index in [0.717, 1.165) is 11.3 Å². The normalized spacial score (nSPS) is 10.1. The van der Waals surface area contributed by atoms with Gasteiger partial charge >= 0.3 is 0 Å². The summed E-state index contributed by atoms with van der Waals surface area (Å²) in [5.74, 6) is 0.661. The summed E-state index contributed by atoms with van der Waals surface area (Å²) in [6.45, 7) is 2.87. The Morgan fingerprint density at radius 2 is 2.28 bits per heavy atom. The number of H-pyrrole nitrogens is 1. The highest BCUT2D eigenvalue weighted by Gasteiger charge is 2.05. The number of para-hydroxylation sites is 1. The quantitative estimate of drug-likeness (QED) is 0.785. The number of hydrogen-bond acceptors (Lipinski definition) is 3. The number of nitrogens with zero attached hydrogens (tertiary/aromatic N) is 1. The molecular weight excluding hydrogens is 230 g/mol. The maximum atomic E-state index is 11.5. The summed E-state index contributed by atoms with van der Waals surface area (Å²) in [7, 11) is 0. The van der Waals surface area contributed by atoms with E-state index in [1.807, 2.05) is 31.2 Å². The standard InChI is InChI=1S/C13H15N3O2/c1-10-4-2-3-5-12(10)18-7-6-15-13(17)11-8-14-9-16-11/h2-5,8-9H,6-7H2,1H3,(H,14,16)(H,15,17). The highest BCUT2D eigenvalue weighted by molar-refractivity contribution is 5.91. The molecule has 2 aromatic rings. The van der Waals surface area contributed by atoms with Crippen LogP contribution in [0.1, 0.15) is 16.1 Å². The predicted octanol–water partition coefficient (Wildman–Crippen LogP) is 1.53. The van der Waals surface area contributed by atoms with Gasteiger partial charge in [0, 0.05) is 0 Å². The average molecular weight is 245 g/mol. The summed E-state index contributed by atoms with van der Waals surface area (Å²) in [4.78, 5) is 18.1. The molecule has 5 heteroatoms. The van der Waals surface area contributed by atoms with Crippen LogP contribution in [0.25, 0.3) is 0 Å². The number of carbonyl (C=O) groups is 1. The van der Waals surface area contributed by atoms with Crippen LogP contribution in [-0.4, -0.2) is 29.0 Å². The number of imidazole rings is 1. The summed E-state index contributed by atoms with van der Waals surface area (Å²) >= 11 is 0. The van der Waals surface area contributed by atoms with Gasteiger partial charge in [-0.25, -0.2) is 4.98 Å². The van der Waals surface area contributed by atoms with E-state index in [-0.39, 0.29) is 5.91 Å². The molecule has 1 amide bonds. The first-order valence-electron chi connectivity index (χ1n) is 5.72. The van der Waals surface area contributed by atoms with E-state index >= 15 is 0 Å². The highest BCUT2D eigenvalue weighted by atomic mass is 16.5. The molecule has 1 heterocycles. The third-order valence-electron chi connectivity index (χ3n) is 2.48. The van der Waals surface area contributed by atoms with Crippen molar-refractivity contribution >= 4 is 5.91 Å². The number of amides is 1. The molecule has 0 saturated carbocycles. The monoisotopic (exact) mass is 245 g/mol. The lowest BCUT2D eigenvalue weighted by Gasteiger charge is -2.09. The summed E-state index contributed by atoms with van der Waals surface area (Å²) in [6.07, 6.45) is 2.95. The molecular formula is C13H15N3O2. The molecule has 0 fully saturated rings. The van der Waals surface area contributed by atoms with Gasteiger partial charge in [0.2, 0.25) is 0 Å². The fourth-order valence-corrected chi connectivity index (χ4v) is 1.52. The molecule has 0 atom stereocenters. The number of ether oxygens (including phenoxy) is 1. The van der Waals surface area contributed by atoms with Crippen molar-refractivity contribution in [3.63, 3.8) is 0 Å². The Morgan fingerprint density at radius 1 is 1.44 bits per heavy atom. The van der Waals surface area contributed by atoms with E-state index < -0.39 is 0 Å². The molecule has 0 aliphatic rings. The molecule has 18 heavy (non-hydrogen) atoms. The van der Waals surface area contributed by atoms with Crippen LogP contribution in [0.3, 0.4) is 0 Å².